The number of hydrogen-bond acceptors (Lipinski definition) is 4. The van der Waals surface area contributed by atoms with Crippen LogP contribution in [0.15, 0.2) is 79.5 Å². The highest BCUT2D eigenvalue weighted by atomic mass is 16.5. The molecule has 29 heavy (non-hydrogen) atoms. The van der Waals surface area contributed by atoms with E-state index in [-0.39, 0.29) is 0 Å². The number of imidazole rings is 1. The van der Waals surface area contributed by atoms with Crippen molar-refractivity contribution in [2.45, 2.75) is 26.1 Å². The fourth-order valence-corrected chi connectivity index (χ4v) is 3.72. The minimum atomic E-state index is 0.838. The molecule has 148 valence electrons. The van der Waals surface area contributed by atoms with Gasteiger partial charge in [-0.1, -0.05) is 36.4 Å². The molecule has 0 aliphatic heterocycles. The van der Waals surface area contributed by atoms with Gasteiger partial charge >= 0.3 is 0 Å². The van der Waals surface area contributed by atoms with Crippen molar-refractivity contribution >= 4 is 10.9 Å². The Balaban J connectivity index is 1.54. The number of methoxy groups -OCH3 is 1. The zero-order valence-electron chi connectivity index (χ0n) is 16.7. The second-order valence-electron chi connectivity index (χ2n) is 7.16. The van der Waals surface area contributed by atoms with Crippen LogP contribution in [-0.2, 0) is 19.6 Å². The van der Waals surface area contributed by atoms with Crippen molar-refractivity contribution in [3.8, 4) is 5.75 Å². The molecule has 0 aliphatic carbocycles. The smallest absolute Gasteiger partial charge is 0.123 e. The van der Waals surface area contributed by atoms with E-state index in [1.54, 1.807) is 7.11 Å². The van der Waals surface area contributed by atoms with Crippen LogP contribution in [0.2, 0.25) is 0 Å². The molecule has 2 aromatic heterocycles. The van der Waals surface area contributed by atoms with Crippen molar-refractivity contribution in [2.75, 3.05) is 13.7 Å². The molecule has 4 aromatic rings. The Labute approximate surface area is 171 Å². The van der Waals surface area contributed by atoms with Gasteiger partial charge in [0.1, 0.15) is 5.75 Å². The van der Waals surface area contributed by atoms with Gasteiger partial charge in [0, 0.05) is 55.7 Å². The zero-order chi connectivity index (χ0) is 19.9. The van der Waals surface area contributed by atoms with Crippen molar-refractivity contribution in [3.05, 3.63) is 90.6 Å². The Morgan fingerprint density at radius 3 is 2.62 bits per heavy atom. The Kier molecular flexibility index (Phi) is 6.17. The van der Waals surface area contributed by atoms with E-state index in [0.29, 0.717) is 0 Å². The van der Waals surface area contributed by atoms with Gasteiger partial charge < -0.3 is 9.30 Å². The molecule has 2 aromatic carbocycles. The van der Waals surface area contributed by atoms with Crippen molar-refractivity contribution in [2.24, 2.45) is 0 Å². The molecule has 0 unspecified atom stereocenters. The van der Waals surface area contributed by atoms with Crippen LogP contribution in [0.1, 0.15) is 17.5 Å². The molecule has 5 nitrogen and oxygen atoms in total. The summed E-state index contributed by atoms with van der Waals surface area (Å²) in [4.78, 5) is 11.1. The SMILES string of the molecule is COc1ccccc1CN(CCCn1ccnc1)Cc1ccnc2ccccc12. The fourth-order valence-electron chi connectivity index (χ4n) is 3.72. The molecule has 0 atom stereocenters. The third kappa shape index (κ3) is 4.81. The summed E-state index contributed by atoms with van der Waals surface area (Å²) in [5.74, 6) is 0.937. The maximum Gasteiger partial charge on any atom is 0.123 e. The number of ether oxygens (including phenoxy) is 1. The summed E-state index contributed by atoms with van der Waals surface area (Å²) < 4.78 is 7.71. The number of aryl methyl sites for hydroxylation is 1. The number of nitrogens with zero attached hydrogens (tertiary/aromatic N) is 4. The van der Waals surface area contributed by atoms with E-state index in [0.717, 1.165) is 43.9 Å². The molecule has 4 rings (SSSR count). The molecule has 0 fully saturated rings. The summed E-state index contributed by atoms with van der Waals surface area (Å²) in [6.07, 6.45) is 8.68. The topological polar surface area (TPSA) is 43.2 Å². The first kappa shape index (κ1) is 19.2. The maximum atomic E-state index is 5.58. The predicted molar refractivity (Wildman–Crippen MR) is 116 cm³/mol. The molecule has 0 spiro atoms. The first-order valence-electron chi connectivity index (χ1n) is 9.96. The molecule has 0 saturated heterocycles. The largest absolute Gasteiger partial charge is 0.496 e. The number of hydrogen-bond donors (Lipinski definition) is 0. The number of rotatable bonds is 9. The van der Waals surface area contributed by atoms with Crippen LogP contribution in [0.3, 0.4) is 0 Å². The normalized spacial score (nSPS) is 11.2. The third-order valence-electron chi connectivity index (χ3n) is 5.17. The van der Waals surface area contributed by atoms with Gasteiger partial charge in [0.05, 0.1) is 19.0 Å². The molecule has 0 aliphatic rings. The van der Waals surface area contributed by atoms with Crippen LogP contribution in [0.4, 0.5) is 0 Å². The van der Waals surface area contributed by atoms with Crippen LogP contribution in [0.25, 0.3) is 10.9 Å². The van der Waals surface area contributed by atoms with Gasteiger partial charge in [-0.25, -0.2) is 4.98 Å². The highest BCUT2D eigenvalue weighted by Crippen LogP contribution is 2.23. The molecular formula is C24H26N4O. The molecule has 0 amide bonds. The summed E-state index contributed by atoms with van der Waals surface area (Å²) in [7, 11) is 1.73. The lowest BCUT2D eigenvalue weighted by atomic mass is 10.1. The van der Waals surface area contributed by atoms with Gasteiger partial charge in [0.2, 0.25) is 0 Å². The Morgan fingerprint density at radius 2 is 1.76 bits per heavy atom. The van der Waals surface area contributed by atoms with Crippen molar-refractivity contribution in [3.63, 3.8) is 0 Å². The van der Waals surface area contributed by atoms with Crippen LogP contribution >= 0.6 is 0 Å². The van der Waals surface area contributed by atoms with E-state index in [1.165, 1.54) is 16.5 Å². The van der Waals surface area contributed by atoms with Crippen molar-refractivity contribution in [1.29, 1.82) is 0 Å². The third-order valence-corrected chi connectivity index (χ3v) is 5.17. The Hall–Kier alpha value is -3.18. The Bertz CT molecular complexity index is 1040. The summed E-state index contributed by atoms with van der Waals surface area (Å²) in [5.41, 5.74) is 3.55. The van der Waals surface area contributed by atoms with Gasteiger partial charge in [-0.15, -0.1) is 0 Å². The van der Waals surface area contributed by atoms with Crippen molar-refractivity contribution in [1.82, 2.24) is 19.4 Å². The lowest BCUT2D eigenvalue weighted by Gasteiger charge is -2.24. The first-order chi connectivity index (χ1) is 14.3. The van der Waals surface area contributed by atoms with Gasteiger partial charge in [-0.05, 0) is 30.2 Å². The van der Waals surface area contributed by atoms with E-state index < -0.39 is 0 Å². The van der Waals surface area contributed by atoms with E-state index in [9.17, 15) is 0 Å². The number of pyridine rings is 1. The minimum Gasteiger partial charge on any atom is -0.496 e. The van der Waals surface area contributed by atoms with Crippen molar-refractivity contribution < 1.29 is 4.74 Å². The number of para-hydroxylation sites is 2. The number of benzene rings is 2. The van der Waals surface area contributed by atoms with E-state index in [2.05, 4.69) is 55.8 Å². The standard InChI is InChI=1S/C24H26N4O/c1-29-24-10-5-2-7-21(24)18-28(15-6-14-27-16-13-25-19-27)17-20-11-12-26-23-9-4-3-8-22(20)23/h2-5,7-13,16,19H,6,14-15,17-18H2,1H3. The fraction of sp³-hybridized carbons (Fsp3) is 0.250. The first-order valence-corrected chi connectivity index (χ1v) is 9.96. The van der Waals surface area contributed by atoms with E-state index >= 15 is 0 Å². The quantitative estimate of drug-likeness (QED) is 0.424. The van der Waals surface area contributed by atoms with Crippen LogP contribution in [-0.4, -0.2) is 33.1 Å². The zero-order valence-corrected chi connectivity index (χ0v) is 16.7. The van der Waals surface area contributed by atoms with Crippen LogP contribution in [0.5, 0.6) is 5.75 Å². The molecular weight excluding hydrogens is 360 g/mol. The molecule has 0 radical (unpaired) electrons. The summed E-state index contributed by atoms with van der Waals surface area (Å²) in [6, 6.07) is 18.7. The summed E-state index contributed by atoms with van der Waals surface area (Å²) >= 11 is 0. The van der Waals surface area contributed by atoms with Gasteiger partial charge in [-0.3, -0.25) is 9.88 Å². The highest BCUT2D eigenvalue weighted by Gasteiger charge is 2.12. The molecule has 0 N–H and O–H groups in total. The lowest BCUT2D eigenvalue weighted by molar-refractivity contribution is 0.245. The molecule has 5 heteroatoms. The predicted octanol–water partition coefficient (Wildman–Crippen LogP) is 4.53. The van der Waals surface area contributed by atoms with Gasteiger partial charge in [0.15, 0.2) is 0 Å². The van der Waals surface area contributed by atoms with Gasteiger partial charge in [0.25, 0.3) is 0 Å². The average molecular weight is 386 g/mol. The minimum absolute atomic E-state index is 0.838. The Morgan fingerprint density at radius 1 is 0.931 bits per heavy atom. The number of aromatic nitrogens is 3. The monoisotopic (exact) mass is 386 g/mol. The van der Waals surface area contributed by atoms with Crippen LogP contribution < -0.4 is 4.74 Å². The van der Waals surface area contributed by atoms with E-state index in [1.807, 2.05) is 43.1 Å². The summed E-state index contributed by atoms with van der Waals surface area (Å²) in [6.45, 7) is 3.64. The lowest BCUT2D eigenvalue weighted by Crippen LogP contribution is -2.25. The molecule has 2 heterocycles. The molecule has 0 saturated carbocycles. The number of fused-ring (bicyclic) bond motifs is 1. The maximum absolute atomic E-state index is 5.58. The van der Waals surface area contributed by atoms with E-state index in [4.69, 9.17) is 4.74 Å². The molecule has 0 bridgehead atoms. The van der Waals surface area contributed by atoms with Gasteiger partial charge in [-0.2, -0.15) is 0 Å². The summed E-state index contributed by atoms with van der Waals surface area (Å²) in [5, 5.41) is 1.22. The second kappa shape index (κ2) is 9.34. The van der Waals surface area contributed by atoms with Crippen LogP contribution in [0, 0.1) is 0 Å². The second-order valence-corrected chi connectivity index (χ2v) is 7.16. The average Bonchev–Trinajstić information content (AvgIpc) is 3.28. The highest BCUT2D eigenvalue weighted by molar-refractivity contribution is 5.81.